The molecule has 9 heteroatoms. The maximum atomic E-state index is 13.8. The second-order valence-electron chi connectivity index (χ2n) is 8.84. The molecule has 0 fully saturated rings. The van der Waals surface area contributed by atoms with E-state index < -0.39 is 28.5 Å². The number of nitrogens with zero attached hydrogens (tertiary/aromatic N) is 2. The average Bonchev–Trinajstić information content (AvgIpc) is 2.87. The van der Waals surface area contributed by atoms with E-state index in [-0.39, 0.29) is 17.3 Å². The van der Waals surface area contributed by atoms with Crippen LogP contribution >= 0.6 is 11.6 Å². The molecule has 0 aromatic heterocycles. The topological polar surface area (TPSA) is 86.8 Å². The molecule has 0 aliphatic heterocycles. The van der Waals surface area contributed by atoms with Crippen molar-refractivity contribution < 1.29 is 18.0 Å². The van der Waals surface area contributed by atoms with Crippen LogP contribution in [0.1, 0.15) is 30.5 Å². The van der Waals surface area contributed by atoms with Gasteiger partial charge in [-0.3, -0.25) is 13.9 Å². The van der Waals surface area contributed by atoms with Crippen molar-refractivity contribution in [2.75, 3.05) is 17.4 Å². The molecule has 0 unspecified atom stereocenters. The van der Waals surface area contributed by atoms with Crippen molar-refractivity contribution in [3.63, 3.8) is 0 Å². The zero-order chi connectivity index (χ0) is 27.2. The molecular formula is C28H32ClN3O4S. The fourth-order valence-electron chi connectivity index (χ4n) is 3.79. The van der Waals surface area contributed by atoms with Crippen molar-refractivity contribution in [3.05, 3.63) is 94.5 Å². The number of hydrogen-bond acceptors (Lipinski definition) is 4. The van der Waals surface area contributed by atoms with E-state index in [1.165, 1.54) is 17.0 Å². The van der Waals surface area contributed by atoms with E-state index in [2.05, 4.69) is 5.32 Å². The van der Waals surface area contributed by atoms with Crippen LogP contribution in [0.3, 0.4) is 0 Å². The summed E-state index contributed by atoms with van der Waals surface area (Å²) in [4.78, 5) is 28.0. The lowest BCUT2D eigenvalue weighted by Gasteiger charge is -2.32. The lowest BCUT2D eigenvalue weighted by molar-refractivity contribution is -0.139. The molecule has 0 aliphatic rings. The monoisotopic (exact) mass is 541 g/mol. The highest BCUT2D eigenvalue weighted by molar-refractivity contribution is 7.92. The highest BCUT2D eigenvalue weighted by atomic mass is 35.5. The lowest BCUT2D eigenvalue weighted by Crippen LogP contribution is -2.51. The first-order valence-electron chi connectivity index (χ1n) is 12.0. The van der Waals surface area contributed by atoms with Crippen LogP contribution in [0.5, 0.6) is 0 Å². The molecule has 2 amide bonds. The summed E-state index contributed by atoms with van der Waals surface area (Å²) in [6.45, 7) is 7.12. The van der Waals surface area contributed by atoms with Crippen molar-refractivity contribution in [1.82, 2.24) is 10.2 Å². The summed E-state index contributed by atoms with van der Waals surface area (Å²) in [6, 6.07) is 19.6. The van der Waals surface area contributed by atoms with E-state index in [1.54, 1.807) is 74.5 Å². The summed E-state index contributed by atoms with van der Waals surface area (Å²) in [7, 11) is -4.09. The number of likely N-dealkylation sites (N-methyl/N-ethyl adjacent to an activating group) is 1. The molecule has 37 heavy (non-hydrogen) atoms. The Labute approximate surface area is 224 Å². The van der Waals surface area contributed by atoms with Crippen molar-refractivity contribution in [3.8, 4) is 0 Å². The van der Waals surface area contributed by atoms with E-state index in [9.17, 15) is 18.0 Å². The maximum Gasteiger partial charge on any atom is 0.264 e. The Kier molecular flexibility index (Phi) is 9.34. The first kappa shape index (κ1) is 28.2. The molecule has 1 N–H and O–H groups in total. The molecule has 0 aliphatic carbocycles. The number of carbonyl (C=O) groups is 2. The number of rotatable bonds is 10. The quantitative estimate of drug-likeness (QED) is 0.403. The van der Waals surface area contributed by atoms with Gasteiger partial charge in [0.05, 0.1) is 10.6 Å². The number of sulfonamides is 1. The molecule has 0 saturated carbocycles. The van der Waals surface area contributed by atoms with Gasteiger partial charge >= 0.3 is 0 Å². The number of nitrogens with one attached hydrogen (secondary N) is 1. The van der Waals surface area contributed by atoms with E-state index >= 15 is 0 Å². The molecule has 0 bridgehead atoms. The van der Waals surface area contributed by atoms with Gasteiger partial charge in [0.1, 0.15) is 12.6 Å². The maximum absolute atomic E-state index is 13.8. The zero-order valence-electron chi connectivity index (χ0n) is 21.4. The number of benzene rings is 3. The van der Waals surface area contributed by atoms with E-state index in [0.717, 1.165) is 15.4 Å². The molecule has 3 rings (SSSR count). The van der Waals surface area contributed by atoms with Crippen LogP contribution < -0.4 is 9.62 Å². The van der Waals surface area contributed by atoms with Crippen LogP contribution in [-0.2, 0) is 26.2 Å². The molecule has 0 saturated heterocycles. The average molecular weight is 542 g/mol. The lowest BCUT2D eigenvalue weighted by atomic mass is 10.1. The minimum absolute atomic E-state index is 0.0448. The van der Waals surface area contributed by atoms with Crippen molar-refractivity contribution in [1.29, 1.82) is 0 Å². The Morgan fingerprint density at radius 1 is 0.919 bits per heavy atom. The number of aryl methyl sites for hydroxylation is 2. The third-order valence-electron chi connectivity index (χ3n) is 6.03. The van der Waals surface area contributed by atoms with Crippen molar-refractivity contribution in [2.24, 2.45) is 0 Å². The number of amides is 2. The first-order chi connectivity index (χ1) is 17.5. The van der Waals surface area contributed by atoms with Gasteiger partial charge in [0.2, 0.25) is 11.8 Å². The molecule has 3 aromatic carbocycles. The Bertz CT molecular complexity index is 1340. The van der Waals surface area contributed by atoms with Crippen LogP contribution in [0.2, 0.25) is 5.02 Å². The van der Waals surface area contributed by atoms with Gasteiger partial charge in [0, 0.05) is 18.1 Å². The summed E-state index contributed by atoms with van der Waals surface area (Å²) in [6.07, 6.45) is 0. The minimum Gasteiger partial charge on any atom is -0.355 e. The van der Waals surface area contributed by atoms with Gasteiger partial charge in [0.25, 0.3) is 10.0 Å². The second-order valence-corrected chi connectivity index (χ2v) is 11.1. The smallest absolute Gasteiger partial charge is 0.264 e. The second kappa shape index (κ2) is 12.3. The fourth-order valence-corrected chi connectivity index (χ4v) is 5.40. The third-order valence-corrected chi connectivity index (χ3v) is 8.18. The van der Waals surface area contributed by atoms with Gasteiger partial charge in [-0.15, -0.1) is 0 Å². The highest BCUT2D eigenvalue weighted by Crippen LogP contribution is 2.26. The number of carbonyl (C=O) groups excluding carboxylic acids is 2. The van der Waals surface area contributed by atoms with Gasteiger partial charge < -0.3 is 10.2 Å². The van der Waals surface area contributed by atoms with Gasteiger partial charge in [-0.2, -0.15) is 0 Å². The molecule has 0 radical (unpaired) electrons. The van der Waals surface area contributed by atoms with Crippen LogP contribution in [0.4, 0.5) is 5.69 Å². The standard InChI is InChI=1S/C28H32ClN3O4S/c1-5-30-28(34)22(4)31(18-23-8-6-7-9-26(23)29)27(33)19-32(24-14-10-20(2)11-15-24)37(35,36)25-16-12-21(3)13-17-25/h6-17,22H,5,18-19H2,1-4H3,(H,30,34)/t22-/m0/s1. The number of anilines is 1. The predicted molar refractivity (Wildman–Crippen MR) is 147 cm³/mol. The van der Waals surface area contributed by atoms with Crippen molar-refractivity contribution >= 4 is 39.1 Å². The molecule has 3 aromatic rings. The van der Waals surface area contributed by atoms with Gasteiger partial charge in [-0.25, -0.2) is 8.42 Å². The summed E-state index contributed by atoms with van der Waals surface area (Å²) in [5, 5.41) is 3.19. The Hall–Kier alpha value is -3.36. The third kappa shape index (κ3) is 6.90. The molecular weight excluding hydrogens is 510 g/mol. The fraction of sp³-hybridized carbons (Fsp3) is 0.286. The van der Waals surface area contributed by atoms with Crippen molar-refractivity contribution in [2.45, 2.75) is 45.2 Å². The normalized spacial score (nSPS) is 12.0. The number of hydrogen-bond donors (Lipinski definition) is 1. The van der Waals surface area contributed by atoms with E-state index in [4.69, 9.17) is 11.6 Å². The SMILES string of the molecule is CCNC(=O)[C@H](C)N(Cc1ccccc1Cl)C(=O)CN(c1ccc(C)cc1)S(=O)(=O)c1ccc(C)cc1. The van der Waals surface area contributed by atoms with Gasteiger partial charge in [-0.05, 0) is 63.6 Å². The Balaban J connectivity index is 2.03. The molecule has 196 valence electrons. The molecule has 0 heterocycles. The summed E-state index contributed by atoms with van der Waals surface area (Å²) < 4.78 is 28.6. The highest BCUT2D eigenvalue weighted by Gasteiger charge is 2.32. The summed E-state index contributed by atoms with van der Waals surface area (Å²) >= 11 is 6.36. The van der Waals surface area contributed by atoms with Crippen LogP contribution in [0, 0.1) is 13.8 Å². The van der Waals surface area contributed by atoms with Crippen LogP contribution in [-0.4, -0.2) is 44.3 Å². The van der Waals surface area contributed by atoms with E-state index in [0.29, 0.717) is 22.8 Å². The number of halogens is 1. The first-order valence-corrected chi connectivity index (χ1v) is 13.8. The summed E-state index contributed by atoms with van der Waals surface area (Å²) in [5.41, 5.74) is 2.87. The molecule has 7 nitrogen and oxygen atoms in total. The summed E-state index contributed by atoms with van der Waals surface area (Å²) in [5.74, 6) is -0.874. The van der Waals surface area contributed by atoms with Gasteiger partial charge in [-0.1, -0.05) is 65.2 Å². The van der Waals surface area contributed by atoms with Crippen LogP contribution in [0.15, 0.2) is 77.7 Å². The zero-order valence-corrected chi connectivity index (χ0v) is 23.0. The predicted octanol–water partition coefficient (Wildman–Crippen LogP) is 4.71. The Morgan fingerprint density at radius 3 is 2.05 bits per heavy atom. The molecule has 0 spiro atoms. The van der Waals surface area contributed by atoms with Gasteiger partial charge in [0.15, 0.2) is 0 Å². The van der Waals surface area contributed by atoms with E-state index in [1.807, 2.05) is 13.8 Å². The minimum atomic E-state index is -4.09. The van der Waals surface area contributed by atoms with Crippen LogP contribution in [0.25, 0.3) is 0 Å². The molecule has 1 atom stereocenters. The Morgan fingerprint density at radius 2 is 1.49 bits per heavy atom. The largest absolute Gasteiger partial charge is 0.355 e.